The van der Waals surface area contributed by atoms with Crippen LogP contribution in [0, 0.1) is 0 Å². The third-order valence-corrected chi connectivity index (χ3v) is 4.33. The molecule has 2 aromatic rings. The third kappa shape index (κ3) is 5.57. The van der Waals surface area contributed by atoms with Gasteiger partial charge in [0.15, 0.2) is 5.96 Å². The van der Waals surface area contributed by atoms with Gasteiger partial charge in [-0.1, -0.05) is 18.2 Å². The van der Waals surface area contributed by atoms with Gasteiger partial charge in [-0.15, -0.1) is 0 Å². The van der Waals surface area contributed by atoms with Crippen molar-refractivity contribution in [2.24, 2.45) is 4.99 Å². The number of aromatic nitrogens is 2. The highest BCUT2D eigenvalue weighted by Crippen LogP contribution is 2.12. The summed E-state index contributed by atoms with van der Waals surface area (Å²) in [4.78, 5) is 18.0. The molecule has 0 saturated carbocycles. The molecule has 3 rings (SSSR count). The summed E-state index contributed by atoms with van der Waals surface area (Å²) >= 11 is 0. The van der Waals surface area contributed by atoms with Gasteiger partial charge < -0.3 is 19.9 Å². The van der Waals surface area contributed by atoms with Crippen LogP contribution in [0.2, 0.25) is 0 Å². The highest BCUT2D eigenvalue weighted by molar-refractivity contribution is 5.80. The monoisotopic (exact) mass is 368 g/mol. The lowest BCUT2D eigenvalue weighted by Gasteiger charge is -2.36. The van der Waals surface area contributed by atoms with E-state index >= 15 is 0 Å². The molecule has 7 heteroatoms. The minimum absolute atomic E-state index is 0.0139. The average Bonchev–Trinajstić information content (AvgIpc) is 2.73. The summed E-state index contributed by atoms with van der Waals surface area (Å²) in [6, 6.07) is 11.7. The number of para-hydroxylation sites is 1. The molecule has 27 heavy (non-hydrogen) atoms. The molecule has 0 spiro atoms. The summed E-state index contributed by atoms with van der Waals surface area (Å²) in [5.41, 5.74) is 0. The van der Waals surface area contributed by atoms with Crippen molar-refractivity contribution in [3.63, 3.8) is 0 Å². The Balaban J connectivity index is 1.54. The Morgan fingerprint density at radius 1 is 1.11 bits per heavy atom. The van der Waals surface area contributed by atoms with Crippen LogP contribution in [0.4, 0.5) is 5.95 Å². The molecule has 1 fully saturated rings. The van der Waals surface area contributed by atoms with Crippen molar-refractivity contribution < 1.29 is 4.74 Å². The quantitative estimate of drug-likeness (QED) is 0.622. The standard InChI is InChI=1S/C20H28N6O/c1-3-21-19(24-16-17(2)27-18-8-5-4-6-9-18)25-12-14-26(15-13-25)20-22-10-7-11-23-20/h4-11,17H,3,12-16H2,1-2H3,(H,21,24). The van der Waals surface area contributed by atoms with Gasteiger partial charge in [-0.25, -0.2) is 15.0 Å². The molecular weight excluding hydrogens is 340 g/mol. The molecule has 1 aliphatic rings. The number of benzene rings is 1. The van der Waals surface area contributed by atoms with Crippen LogP contribution in [0.5, 0.6) is 5.75 Å². The zero-order valence-electron chi connectivity index (χ0n) is 16.1. The molecule has 1 aliphatic heterocycles. The van der Waals surface area contributed by atoms with Crippen LogP contribution in [0.3, 0.4) is 0 Å². The molecule has 1 unspecified atom stereocenters. The molecule has 1 atom stereocenters. The zero-order valence-corrected chi connectivity index (χ0v) is 16.1. The highest BCUT2D eigenvalue weighted by Gasteiger charge is 2.21. The van der Waals surface area contributed by atoms with Gasteiger partial charge in [0, 0.05) is 45.1 Å². The van der Waals surface area contributed by atoms with E-state index in [4.69, 9.17) is 9.73 Å². The van der Waals surface area contributed by atoms with Crippen molar-refractivity contribution in [1.82, 2.24) is 20.2 Å². The molecule has 2 heterocycles. The Morgan fingerprint density at radius 2 is 1.81 bits per heavy atom. The second-order valence-corrected chi connectivity index (χ2v) is 6.46. The van der Waals surface area contributed by atoms with E-state index in [0.29, 0.717) is 6.54 Å². The first kappa shape index (κ1) is 18.9. The van der Waals surface area contributed by atoms with E-state index in [-0.39, 0.29) is 6.10 Å². The SMILES string of the molecule is CCNC(=NCC(C)Oc1ccccc1)N1CCN(c2ncccn2)CC1. The summed E-state index contributed by atoms with van der Waals surface area (Å²) in [7, 11) is 0. The number of nitrogens with one attached hydrogen (secondary N) is 1. The van der Waals surface area contributed by atoms with E-state index in [1.165, 1.54) is 0 Å². The fourth-order valence-corrected chi connectivity index (χ4v) is 2.98. The molecule has 1 aromatic carbocycles. The van der Waals surface area contributed by atoms with Crippen molar-refractivity contribution in [3.8, 4) is 5.75 Å². The van der Waals surface area contributed by atoms with Crippen molar-refractivity contribution >= 4 is 11.9 Å². The Hall–Kier alpha value is -2.83. The van der Waals surface area contributed by atoms with E-state index in [1.54, 1.807) is 12.4 Å². The summed E-state index contributed by atoms with van der Waals surface area (Å²) in [6.07, 6.45) is 3.59. The number of guanidine groups is 1. The minimum Gasteiger partial charge on any atom is -0.489 e. The average molecular weight is 368 g/mol. The second kappa shape index (κ2) is 9.75. The molecule has 7 nitrogen and oxygen atoms in total. The van der Waals surface area contributed by atoms with Crippen LogP contribution in [0.1, 0.15) is 13.8 Å². The van der Waals surface area contributed by atoms with Crippen LogP contribution in [0.25, 0.3) is 0 Å². The number of hydrogen-bond acceptors (Lipinski definition) is 5. The summed E-state index contributed by atoms with van der Waals surface area (Å²) in [6.45, 7) is 9.12. The number of piperazine rings is 1. The molecule has 1 saturated heterocycles. The maximum Gasteiger partial charge on any atom is 0.225 e. The van der Waals surface area contributed by atoms with E-state index in [0.717, 1.165) is 50.4 Å². The van der Waals surface area contributed by atoms with Crippen molar-refractivity contribution in [3.05, 3.63) is 48.8 Å². The van der Waals surface area contributed by atoms with E-state index < -0.39 is 0 Å². The first-order chi connectivity index (χ1) is 13.3. The van der Waals surface area contributed by atoms with E-state index in [9.17, 15) is 0 Å². The molecular formula is C20H28N6O. The predicted molar refractivity (Wildman–Crippen MR) is 108 cm³/mol. The van der Waals surface area contributed by atoms with E-state index in [1.807, 2.05) is 43.3 Å². The topological polar surface area (TPSA) is 65.9 Å². The number of ether oxygens (including phenoxy) is 1. The highest BCUT2D eigenvalue weighted by atomic mass is 16.5. The summed E-state index contributed by atoms with van der Waals surface area (Å²) in [5, 5.41) is 3.40. The smallest absolute Gasteiger partial charge is 0.225 e. The van der Waals surface area contributed by atoms with Gasteiger partial charge in [0.25, 0.3) is 0 Å². The maximum atomic E-state index is 5.93. The van der Waals surface area contributed by atoms with E-state index in [2.05, 4.69) is 32.0 Å². The van der Waals surface area contributed by atoms with Crippen molar-refractivity contribution in [2.45, 2.75) is 20.0 Å². The minimum atomic E-state index is 0.0139. The zero-order chi connectivity index (χ0) is 18.9. The second-order valence-electron chi connectivity index (χ2n) is 6.46. The lowest BCUT2D eigenvalue weighted by atomic mass is 10.3. The Kier molecular flexibility index (Phi) is 6.84. The lowest BCUT2D eigenvalue weighted by molar-refractivity contribution is 0.229. The predicted octanol–water partition coefficient (Wildman–Crippen LogP) is 2.03. The molecule has 0 bridgehead atoms. The van der Waals surface area contributed by atoms with Gasteiger partial charge in [-0.05, 0) is 32.0 Å². The van der Waals surface area contributed by atoms with Gasteiger partial charge in [0.2, 0.25) is 5.95 Å². The molecule has 0 radical (unpaired) electrons. The fourth-order valence-electron chi connectivity index (χ4n) is 2.98. The lowest BCUT2D eigenvalue weighted by Crippen LogP contribution is -2.53. The van der Waals surface area contributed by atoms with Crippen LogP contribution in [0.15, 0.2) is 53.8 Å². The van der Waals surface area contributed by atoms with Crippen LogP contribution in [-0.4, -0.2) is 66.2 Å². The van der Waals surface area contributed by atoms with Crippen LogP contribution < -0.4 is 15.0 Å². The molecule has 1 aromatic heterocycles. The van der Waals surface area contributed by atoms with Crippen molar-refractivity contribution in [2.75, 3.05) is 44.2 Å². The number of aliphatic imine (C=N–C) groups is 1. The Morgan fingerprint density at radius 3 is 2.48 bits per heavy atom. The van der Waals surface area contributed by atoms with Crippen molar-refractivity contribution in [1.29, 1.82) is 0 Å². The number of anilines is 1. The number of nitrogens with zero attached hydrogens (tertiary/aromatic N) is 5. The van der Waals surface area contributed by atoms with Crippen LogP contribution >= 0.6 is 0 Å². The summed E-state index contributed by atoms with van der Waals surface area (Å²) < 4.78 is 5.93. The Labute approximate surface area is 161 Å². The van der Waals surface area contributed by atoms with Crippen LogP contribution in [-0.2, 0) is 0 Å². The first-order valence-electron chi connectivity index (χ1n) is 9.53. The largest absolute Gasteiger partial charge is 0.489 e. The van der Waals surface area contributed by atoms with Gasteiger partial charge in [0.05, 0.1) is 6.54 Å². The fraction of sp³-hybridized carbons (Fsp3) is 0.450. The molecule has 1 N–H and O–H groups in total. The van der Waals surface area contributed by atoms with Gasteiger partial charge in [-0.3, -0.25) is 0 Å². The normalized spacial score (nSPS) is 16.1. The number of hydrogen-bond donors (Lipinski definition) is 1. The van der Waals surface area contributed by atoms with Gasteiger partial charge in [-0.2, -0.15) is 0 Å². The maximum absolute atomic E-state index is 5.93. The molecule has 0 amide bonds. The number of rotatable bonds is 6. The molecule has 144 valence electrons. The third-order valence-electron chi connectivity index (χ3n) is 4.33. The summed E-state index contributed by atoms with van der Waals surface area (Å²) in [5.74, 6) is 2.61. The first-order valence-corrected chi connectivity index (χ1v) is 9.53. The van der Waals surface area contributed by atoms with Gasteiger partial charge >= 0.3 is 0 Å². The Bertz CT molecular complexity index is 701. The molecule has 0 aliphatic carbocycles. The van der Waals surface area contributed by atoms with Gasteiger partial charge in [0.1, 0.15) is 11.9 Å².